The lowest BCUT2D eigenvalue weighted by molar-refractivity contribution is 0.754. The molecule has 4 heteroatoms. The third kappa shape index (κ3) is 3.14. The van der Waals surface area contributed by atoms with Crippen molar-refractivity contribution in [2.24, 2.45) is 0 Å². The summed E-state index contributed by atoms with van der Waals surface area (Å²) in [4.78, 5) is 4.73. The van der Waals surface area contributed by atoms with Gasteiger partial charge in [0.2, 0.25) is 0 Å². The largest absolute Gasteiger partial charge is 0.323 e. The molecular weight excluding hydrogens is 348 g/mol. The molecule has 0 atom stereocenters. The summed E-state index contributed by atoms with van der Waals surface area (Å²) in [5, 5.41) is 0. The van der Waals surface area contributed by atoms with Crippen molar-refractivity contribution in [2.45, 2.75) is 19.9 Å². The number of fused-ring (bicyclic) bond motifs is 1. The van der Waals surface area contributed by atoms with Crippen LogP contribution in [0.1, 0.15) is 17.0 Å². The number of rotatable bonds is 4. The Morgan fingerprint density at radius 2 is 2.05 bits per heavy atom. The number of benzene rings is 2. The smallest absolute Gasteiger partial charge is 0.111 e. The van der Waals surface area contributed by atoms with E-state index in [0.717, 1.165) is 34.3 Å². The van der Waals surface area contributed by atoms with Crippen LogP contribution in [-0.2, 0) is 13.0 Å². The van der Waals surface area contributed by atoms with E-state index in [0.29, 0.717) is 5.88 Å². The molecule has 0 aliphatic rings. The summed E-state index contributed by atoms with van der Waals surface area (Å²) in [5.41, 5.74) is 4.73. The quantitative estimate of drug-likeness (QED) is 0.601. The number of imidazole rings is 1. The highest BCUT2D eigenvalue weighted by Gasteiger charge is 2.11. The fourth-order valence-corrected chi connectivity index (χ4v) is 3.12. The van der Waals surface area contributed by atoms with E-state index in [9.17, 15) is 0 Å². The van der Waals surface area contributed by atoms with Crippen LogP contribution in [0.25, 0.3) is 11.0 Å². The van der Waals surface area contributed by atoms with E-state index < -0.39 is 0 Å². The second-order valence-electron chi connectivity index (χ2n) is 5.18. The molecule has 1 aromatic heterocycles. The number of aromatic nitrogens is 2. The van der Waals surface area contributed by atoms with Gasteiger partial charge in [-0.3, -0.25) is 0 Å². The second kappa shape index (κ2) is 6.20. The summed E-state index contributed by atoms with van der Waals surface area (Å²) in [6, 6.07) is 14.8. The van der Waals surface area contributed by atoms with Crippen molar-refractivity contribution in [3.8, 4) is 0 Å². The van der Waals surface area contributed by atoms with Crippen molar-refractivity contribution < 1.29 is 0 Å². The molecule has 0 aliphatic carbocycles. The van der Waals surface area contributed by atoms with E-state index in [1.807, 2.05) is 0 Å². The predicted molar refractivity (Wildman–Crippen MR) is 92.1 cm³/mol. The number of hydrogen-bond donors (Lipinski definition) is 0. The first kappa shape index (κ1) is 14.6. The van der Waals surface area contributed by atoms with Crippen molar-refractivity contribution >= 4 is 38.6 Å². The number of aryl methyl sites for hydroxylation is 2. The van der Waals surface area contributed by atoms with Crippen LogP contribution < -0.4 is 0 Å². The van der Waals surface area contributed by atoms with E-state index in [1.54, 1.807) is 0 Å². The van der Waals surface area contributed by atoms with E-state index in [4.69, 9.17) is 16.6 Å². The van der Waals surface area contributed by atoms with Crippen LogP contribution >= 0.6 is 27.5 Å². The molecule has 0 radical (unpaired) electrons. The first-order valence-electron chi connectivity index (χ1n) is 6.93. The molecule has 0 aliphatic heterocycles. The number of halogens is 2. The lowest BCUT2D eigenvalue weighted by Crippen LogP contribution is -2.06. The topological polar surface area (TPSA) is 17.8 Å². The van der Waals surface area contributed by atoms with Crippen LogP contribution in [0.15, 0.2) is 46.9 Å². The summed E-state index contributed by atoms with van der Waals surface area (Å²) < 4.78 is 3.31. The summed E-state index contributed by atoms with van der Waals surface area (Å²) in [6.07, 6.45) is 0.777. The van der Waals surface area contributed by atoms with Crippen molar-refractivity contribution in [1.82, 2.24) is 9.55 Å². The maximum Gasteiger partial charge on any atom is 0.111 e. The highest BCUT2D eigenvalue weighted by Crippen LogP contribution is 2.22. The molecule has 0 saturated heterocycles. The van der Waals surface area contributed by atoms with Crippen molar-refractivity contribution in [1.29, 1.82) is 0 Å². The highest BCUT2D eigenvalue weighted by molar-refractivity contribution is 9.10. The van der Waals surface area contributed by atoms with Crippen molar-refractivity contribution in [2.75, 3.05) is 5.88 Å². The zero-order valence-electron chi connectivity index (χ0n) is 11.8. The van der Waals surface area contributed by atoms with Crippen LogP contribution in [0.2, 0.25) is 0 Å². The zero-order valence-corrected chi connectivity index (χ0v) is 14.2. The van der Waals surface area contributed by atoms with Gasteiger partial charge in [-0.25, -0.2) is 4.98 Å². The Labute approximate surface area is 137 Å². The average molecular weight is 364 g/mol. The minimum Gasteiger partial charge on any atom is -0.323 e. The SMILES string of the molecule is Cc1cccc(Cn2c(CCCl)nc3cc(Br)ccc32)c1. The number of nitrogens with zero attached hydrogens (tertiary/aromatic N) is 2. The van der Waals surface area contributed by atoms with Crippen LogP contribution in [0, 0.1) is 6.92 Å². The summed E-state index contributed by atoms with van der Waals surface area (Å²) in [5.74, 6) is 1.62. The molecule has 3 rings (SSSR count). The standard InChI is InChI=1S/C17H16BrClN2/c1-12-3-2-4-13(9-12)11-21-16-6-5-14(18)10-15(16)20-17(21)7-8-19/h2-6,9-10H,7-8,11H2,1H3. The first-order chi connectivity index (χ1) is 10.2. The molecule has 108 valence electrons. The molecule has 3 aromatic rings. The lowest BCUT2D eigenvalue weighted by atomic mass is 10.1. The molecule has 2 nitrogen and oxygen atoms in total. The maximum absolute atomic E-state index is 5.93. The molecular formula is C17H16BrClN2. The molecule has 0 unspecified atom stereocenters. The molecule has 1 heterocycles. The second-order valence-corrected chi connectivity index (χ2v) is 6.47. The molecule has 2 aromatic carbocycles. The minimum absolute atomic E-state index is 0.582. The minimum atomic E-state index is 0.582. The van der Waals surface area contributed by atoms with E-state index in [1.165, 1.54) is 11.1 Å². The number of hydrogen-bond acceptors (Lipinski definition) is 1. The normalized spacial score (nSPS) is 11.2. The van der Waals surface area contributed by atoms with Gasteiger partial charge in [0.05, 0.1) is 11.0 Å². The Hall–Kier alpha value is -1.32. The van der Waals surface area contributed by atoms with Gasteiger partial charge in [-0.1, -0.05) is 45.8 Å². The predicted octanol–water partition coefficient (Wildman–Crippen LogP) is 4.94. The third-order valence-electron chi connectivity index (χ3n) is 3.53. The van der Waals surface area contributed by atoms with E-state index in [-0.39, 0.29) is 0 Å². The number of alkyl halides is 1. The highest BCUT2D eigenvalue weighted by atomic mass is 79.9. The Balaban J connectivity index is 2.08. The van der Waals surface area contributed by atoms with Gasteiger partial charge in [-0.15, -0.1) is 11.6 Å². The van der Waals surface area contributed by atoms with Gasteiger partial charge < -0.3 is 4.57 Å². The van der Waals surface area contributed by atoms with Crippen LogP contribution in [0.4, 0.5) is 0 Å². The van der Waals surface area contributed by atoms with Gasteiger partial charge in [0.15, 0.2) is 0 Å². The van der Waals surface area contributed by atoms with Gasteiger partial charge in [0, 0.05) is 23.3 Å². The van der Waals surface area contributed by atoms with Gasteiger partial charge in [0.25, 0.3) is 0 Å². The fraction of sp³-hybridized carbons (Fsp3) is 0.235. The molecule has 0 fully saturated rings. The Morgan fingerprint density at radius 1 is 1.19 bits per heavy atom. The Morgan fingerprint density at radius 3 is 2.81 bits per heavy atom. The first-order valence-corrected chi connectivity index (χ1v) is 8.26. The Kier molecular flexibility index (Phi) is 4.32. The average Bonchev–Trinajstić information content (AvgIpc) is 2.76. The maximum atomic E-state index is 5.93. The molecule has 0 N–H and O–H groups in total. The zero-order chi connectivity index (χ0) is 14.8. The van der Waals surface area contributed by atoms with Crippen LogP contribution in [0.3, 0.4) is 0 Å². The molecule has 21 heavy (non-hydrogen) atoms. The van der Waals surface area contributed by atoms with Gasteiger partial charge in [-0.2, -0.15) is 0 Å². The summed E-state index contributed by atoms with van der Waals surface area (Å²) in [7, 11) is 0. The third-order valence-corrected chi connectivity index (χ3v) is 4.21. The van der Waals surface area contributed by atoms with E-state index in [2.05, 4.69) is 69.9 Å². The van der Waals surface area contributed by atoms with Crippen LogP contribution in [0.5, 0.6) is 0 Å². The lowest BCUT2D eigenvalue weighted by Gasteiger charge is -2.09. The van der Waals surface area contributed by atoms with Crippen molar-refractivity contribution in [3.63, 3.8) is 0 Å². The van der Waals surface area contributed by atoms with Crippen molar-refractivity contribution in [3.05, 3.63) is 63.9 Å². The summed E-state index contributed by atoms with van der Waals surface area (Å²) in [6.45, 7) is 2.94. The molecule has 0 spiro atoms. The van der Waals surface area contributed by atoms with Gasteiger partial charge in [0.1, 0.15) is 5.82 Å². The van der Waals surface area contributed by atoms with Gasteiger partial charge in [-0.05, 0) is 30.7 Å². The molecule has 0 amide bonds. The van der Waals surface area contributed by atoms with Gasteiger partial charge >= 0.3 is 0 Å². The Bertz CT molecular complexity index is 780. The van der Waals surface area contributed by atoms with E-state index >= 15 is 0 Å². The molecule has 0 bridgehead atoms. The monoisotopic (exact) mass is 362 g/mol. The summed E-state index contributed by atoms with van der Waals surface area (Å²) >= 11 is 9.44. The molecule has 0 saturated carbocycles. The van der Waals surface area contributed by atoms with Crippen LogP contribution in [-0.4, -0.2) is 15.4 Å². The fourth-order valence-electron chi connectivity index (χ4n) is 2.60.